The summed E-state index contributed by atoms with van der Waals surface area (Å²) in [4.78, 5) is 29.5. The maximum absolute atomic E-state index is 13.0. The van der Waals surface area contributed by atoms with Gasteiger partial charge in [0.1, 0.15) is 5.75 Å². The number of amides is 2. The third kappa shape index (κ3) is 4.48. The van der Waals surface area contributed by atoms with Gasteiger partial charge in [-0.15, -0.1) is 0 Å². The Kier molecular flexibility index (Phi) is 6.12. The molecule has 2 amide bonds. The molecule has 5 heteroatoms. The Hall–Kier alpha value is -2.82. The molecule has 0 unspecified atom stereocenters. The quantitative estimate of drug-likeness (QED) is 0.815. The van der Waals surface area contributed by atoms with E-state index in [4.69, 9.17) is 4.74 Å². The van der Waals surface area contributed by atoms with Crippen molar-refractivity contribution in [1.29, 1.82) is 0 Å². The lowest BCUT2D eigenvalue weighted by Crippen LogP contribution is -2.43. The molecule has 142 valence electrons. The molecule has 1 heterocycles. The van der Waals surface area contributed by atoms with Crippen LogP contribution in [-0.4, -0.2) is 47.9 Å². The number of carbonyl (C=O) groups is 2. The van der Waals surface area contributed by atoms with Crippen LogP contribution in [-0.2, 0) is 11.3 Å². The van der Waals surface area contributed by atoms with Crippen LogP contribution in [0, 0.1) is 0 Å². The fourth-order valence-electron chi connectivity index (χ4n) is 3.49. The Bertz CT molecular complexity index is 791. The van der Waals surface area contributed by atoms with Gasteiger partial charge in [0.15, 0.2) is 0 Å². The topological polar surface area (TPSA) is 49.9 Å². The molecule has 5 nitrogen and oxygen atoms in total. The van der Waals surface area contributed by atoms with Crippen molar-refractivity contribution in [2.45, 2.75) is 32.4 Å². The van der Waals surface area contributed by atoms with E-state index < -0.39 is 0 Å². The second-order valence-electron chi connectivity index (χ2n) is 6.80. The zero-order valence-corrected chi connectivity index (χ0v) is 15.9. The highest BCUT2D eigenvalue weighted by Crippen LogP contribution is 2.20. The summed E-state index contributed by atoms with van der Waals surface area (Å²) in [6.45, 7) is 3.64. The van der Waals surface area contributed by atoms with Crippen LogP contribution < -0.4 is 4.74 Å². The monoisotopic (exact) mass is 366 g/mol. The zero-order valence-electron chi connectivity index (χ0n) is 15.9. The summed E-state index contributed by atoms with van der Waals surface area (Å²) in [6.07, 6.45) is 1.15. The zero-order chi connectivity index (χ0) is 19.2. The SMILES string of the molecule is CC[C@@H]1CN(C(=O)c2cccc(OC)c2)CCC(=O)N1Cc1ccccc1. The summed E-state index contributed by atoms with van der Waals surface area (Å²) in [5, 5.41) is 0. The van der Waals surface area contributed by atoms with E-state index in [0.29, 0.717) is 37.4 Å². The van der Waals surface area contributed by atoms with Gasteiger partial charge in [0.25, 0.3) is 5.91 Å². The molecule has 0 N–H and O–H groups in total. The summed E-state index contributed by atoms with van der Waals surface area (Å²) >= 11 is 0. The van der Waals surface area contributed by atoms with Crippen LogP contribution in [0.2, 0.25) is 0 Å². The van der Waals surface area contributed by atoms with E-state index in [0.717, 1.165) is 12.0 Å². The van der Waals surface area contributed by atoms with Crippen LogP contribution >= 0.6 is 0 Å². The van der Waals surface area contributed by atoms with E-state index in [-0.39, 0.29) is 17.9 Å². The number of carbonyl (C=O) groups excluding carboxylic acids is 2. The van der Waals surface area contributed by atoms with Gasteiger partial charge in [-0.3, -0.25) is 9.59 Å². The molecule has 1 saturated heterocycles. The molecule has 0 aromatic heterocycles. The lowest BCUT2D eigenvalue weighted by molar-refractivity contribution is -0.133. The number of nitrogens with zero attached hydrogens (tertiary/aromatic N) is 2. The van der Waals surface area contributed by atoms with Crippen LogP contribution in [0.25, 0.3) is 0 Å². The first-order valence-corrected chi connectivity index (χ1v) is 9.39. The first-order valence-electron chi connectivity index (χ1n) is 9.39. The van der Waals surface area contributed by atoms with Crippen molar-refractivity contribution in [2.75, 3.05) is 20.2 Å². The molecule has 0 spiro atoms. The number of hydrogen-bond acceptors (Lipinski definition) is 3. The Labute approximate surface area is 160 Å². The molecule has 1 atom stereocenters. The summed E-state index contributed by atoms with van der Waals surface area (Å²) in [5.74, 6) is 0.706. The summed E-state index contributed by atoms with van der Waals surface area (Å²) in [5.41, 5.74) is 1.70. The van der Waals surface area contributed by atoms with Gasteiger partial charge in [-0.25, -0.2) is 0 Å². The van der Waals surface area contributed by atoms with Crippen molar-refractivity contribution in [2.24, 2.45) is 0 Å². The van der Waals surface area contributed by atoms with Crippen LogP contribution in [0.1, 0.15) is 35.7 Å². The average Bonchev–Trinajstić information content (AvgIpc) is 2.87. The van der Waals surface area contributed by atoms with Gasteiger partial charge in [-0.2, -0.15) is 0 Å². The Morgan fingerprint density at radius 3 is 2.63 bits per heavy atom. The third-order valence-electron chi connectivity index (χ3n) is 5.06. The van der Waals surface area contributed by atoms with E-state index in [1.807, 2.05) is 47.4 Å². The molecule has 1 aliphatic rings. The summed E-state index contributed by atoms with van der Waals surface area (Å²) in [6, 6.07) is 17.2. The molecule has 0 saturated carbocycles. The van der Waals surface area contributed by atoms with E-state index in [1.54, 1.807) is 24.1 Å². The van der Waals surface area contributed by atoms with Gasteiger partial charge >= 0.3 is 0 Å². The normalized spacial score (nSPS) is 17.6. The lowest BCUT2D eigenvalue weighted by Gasteiger charge is -2.31. The predicted molar refractivity (Wildman–Crippen MR) is 105 cm³/mol. The smallest absolute Gasteiger partial charge is 0.254 e. The highest BCUT2D eigenvalue weighted by atomic mass is 16.5. The van der Waals surface area contributed by atoms with E-state index >= 15 is 0 Å². The number of ether oxygens (including phenoxy) is 1. The first-order chi connectivity index (χ1) is 13.1. The number of rotatable bonds is 5. The molecule has 2 aromatic rings. The lowest BCUT2D eigenvalue weighted by atomic mass is 10.1. The minimum atomic E-state index is -0.0540. The summed E-state index contributed by atoms with van der Waals surface area (Å²) < 4.78 is 5.23. The fourth-order valence-corrected chi connectivity index (χ4v) is 3.49. The fraction of sp³-hybridized carbons (Fsp3) is 0.364. The van der Waals surface area contributed by atoms with Gasteiger partial charge in [0.05, 0.1) is 7.11 Å². The third-order valence-corrected chi connectivity index (χ3v) is 5.06. The Morgan fingerprint density at radius 2 is 1.93 bits per heavy atom. The number of hydrogen-bond donors (Lipinski definition) is 0. The van der Waals surface area contributed by atoms with Gasteiger partial charge < -0.3 is 14.5 Å². The van der Waals surface area contributed by atoms with Crippen molar-refractivity contribution in [3.8, 4) is 5.75 Å². The molecule has 27 heavy (non-hydrogen) atoms. The van der Waals surface area contributed by atoms with Crippen molar-refractivity contribution in [3.63, 3.8) is 0 Å². The Balaban J connectivity index is 1.78. The van der Waals surface area contributed by atoms with Crippen molar-refractivity contribution < 1.29 is 14.3 Å². The maximum atomic E-state index is 13.0. The first kappa shape index (κ1) is 19.0. The minimum Gasteiger partial charge on any atom is -0.497 e. The Morgan fingerprint density at radius 1 is 1.15 bits per heavy atom. The molecule has 0 bridgehead atoms. The maximum Gasteiger partial charge on any atom is 0.254 e. The standard InChI is InChI=1S/C22H26N2O3/c1-3-19-16-23(22(26)18-10-7-11-20(14-18)27-2)13-12-21(25)24(19)15-17-8-5-4-6-9-17/h4-11,14,19H,3,12-13,15-16H2,1-2H3/t19-/m1/s1. The molecule has 2 aromatic carbocycles. The molecule has 0 aliphatic carbocycles. The summed E-state index contributed by atoms with van der Waals surface area (Å²) in [7, 11) is 1.59. The van der Waals surface area contributed by atoms with Gasteiger partial charge in [-0.1, -0.05) is 43.3 Å². The predicted octanol–water partition coefficient (Wildman–Crippen LogP) is 3.35. The number of methoxy groups -OCH3 is 1. The molecular formula is C22H26N2O3. The van der Waals surface area contributed by atoms with Gasteiger partial charge in [0, 0.05) is 37.7 Å². The van der Waals surface area contributed by atoms with Crippen LogP contribution in [0.4, 0.5) is 0 Å². The van der Waals surface area contributed by atoms with Gasteiger partial charge in [-0.05, 0) is 30.2 Å². The highest BCUT2D eigenvalue weighted by molar-refractivity contribution is 5.95. The largest absolute Gasteiger partial charge is 0.497 e. The average molecular weight is 366 g/mol. The molecule has 3 rings (SSSR count). The van der Waals surface area contributed by atoms with Crippen molar-refractivity contribution in [1.82, 2.24) is 9.80 Å². The molecule has 0 radical (unpaired) electrons. The van der Waals surface area contributed by atoms with E-state index in [1.165, 1.54) is 0 Å². The second-order valence-corrected chi connectivity index (χ2v) is 6.80. The number of benzene rings is 2. The van der Waals surface area contributed by atoms with Crippen molar-refractivity contribution in [3.05, 3.63) is 65.7 Å². The van der Waals surface area contributed by atoms with Gasteiger partial charge in [0.2, 0.25) is 5.91 Å². The van der Waals surface area contributed by atoms with E-state index in [9.17, 15) is 9.59 Å². The van der Waals surface area contributed by atoms with Crippen LogP contribution in [0.5, 0.6) is 5.75 Å². The van der Waals surface area contributed by atoms with Crippen molar-refractivity contribution >= 4 is 11.8 Å². The second kappa shape index (κ2) is 8.71. The van der Waals surface area contributed by atoms with E-state index in [2.05, 4.69) is 6.92 Å². The highest BCUT2D eigenvalue weighted by Gasteiger charge is 2.31. The minimum absolute atomic E-state index is 0.00904. The van der Waals surface area contributed by atoms with Crippen LogP contribution in [0.15, 0.2) is 54.6 Å². The molecule has 1 aliphatic heterocycles. The molecule has 1 fully saturated rings. The molecular weight excluding hydrogens is 340 g/mol. The van der Waals surface area contributed by atoms with Crippen LogP contribution in [0.3, 0.4) is 0 Å².